The van der Waals surface area contributed by atoms with Gasteiger partial charge in [0.25, 0.3) is 5.91 Å². The molecule has 0 spiro atoms. The van der Waals surface area contributed by atoms with Gasteiger partial charge in [-0.3, -0.25) is 9.78 Å². The highest BCUT2D eigenvalue weighted by Gasteiger charge is 2.26. The van der Waals surface area contributed by atoms with E-state index in [-0.39, 0.29) is 35.7 Å². The smallest absolute Gasteiger partial charge is 0.251 e. The molecular weight excluding hydrogens is 520 g/mol. The van der Waals surface area contributed by atoms with Crippen molar-refractivity contribution in [1.82, 2.24) is 10.3 Å². The van der Waals surface area contributed by atoms with Gasteiger partial charge in [0.1, 0.15) is 17.3 Å². The van der Waals surface area contributed by atoms with Gasteiger partial charge in [-0.2, -0.15) is 0 Å². The van der Waals surface area contributed by atoms with Crippen molar-refractivity contribution < 1.29 is 42.4 Å². The zero-order chi connectivity index (χ0) is 21.7. The third kappa shape index (κ3) is 6.26. The molecule has 7 heteroatoms. The van der Waals surface area contributed by atoms with Crippen molar-refractivity contribution in [3.8, 4) is 22.8 Å². The molecule has 32 heavy (non-hydrogen) atoms. The van der Waals surface area contributed by atoms with Crippen LogP contribution in [0.25, 0.3) is 11.3 Å². The number of benzene rings is 2. The molecule has 4 rings (SSSR count). The molecule has 1 aliphatic rings. The summed E-state index contributed by atoms with van der Waals surface area (Å²) in [5.74, 6) is 0.828. The minimum absolute atomic E-state index is 0. The number of likely N-dealkylation sites (N-methyl/N-ethyl adjacent to an activating group) is 1. The maximum Gasteiger partial charge on any atom is 0.251 e. The molecule has 1 aromatic heterocycles. The summed E-state index contributed by atoms with van der Waals surface area (Å²) in [6.07, 6.45) is 4.19. The Morgan fingerprint density at radius 2 is 1.66 bits per heavy atom. The van der Waals surface area contributed by atoms with Gasteiger partial charge in [-0.05, 0) is 60.7 Å². The molecular formula is C25H27FIN3O2. The van der Waals surface area contributed by atoms with Crippen molar-refractivity contribution in [1.29, 1.82) is 0 Å². The highest BCUT2D eigenvalue weighted by Crippen LogP contribution is 2.25. The van der Waals surface area contributed by atoms with E-state index in [0.29, 0.717) is 23.6 Å². The zero-order valence-corrected chi connectivity index (χ0v) is 20.2. The van der Waals surface area contributed by atoms with Gasteiger partial charge in [-0.15, -0.1) is 0 Å². The Labute approximate surface area is 205 Å². The summed E-state index contributed by atoms with van der Waals surface area (Å²) in [5, 5.41) is 3.04. The summed E-state index contributed by atoms with van der Waals surface area (Å²) in [6, 6.07) is 16.9. The molecule has 2 heterocycles. The first-order valence-electron chi connectivity index (χ1n) is 10.6. The number of aromatic nitrogens is 1. The second-order valence-electron chi connectivity index (χ2n) is 8.26. The first-order valence-corrected chi connectivity index (χ1v) is 10.6. The fourth-order valence-corrected chi connectivity index (χ4v) is 3.93. The highest BCUT2D eigenvalue weighted by molar-refractivity contribution is 5.95. The van der Waals surface area contributed by atoms with E-state index in [9.17, 15) is 9.18 Å². The average Bonchev–Trinajstić information content (AvgIpc) is 3.22. The standard InChI is InChI=1S/C25H26FN3O2.HI/c1-29(15-2-3-16-29)17-14-28-25(30)20-12-13-27-24(18-20)19-4-8-22(9-5-19)31-23-10-6-21(26)7-11-23;/h4-13,18H,2-3,14-17H2,1H3;1H. The Morgan fingerprint density at radius 3 is 2.31 bits per heavy atom. The molecule has 0 radical (unpaired) electrons. The van der Waals surface area contributed by atoms with Crippen molar-refractivity contribution in [3.05, 3.63) is 78.2 Å². The predicted octanol–water partition coefficient (Wildman–Crippen LogP) is 1.65. The molecule has 0 unspecified atom stereocenters. The van der Waals surface area contributed by atoms with E-state index in [1.165, 1.54) is 38.1 Å². The number of halogens is 2. The Bertz CT molecular complexity index is 1040. The van der Waals surface area contributed by atoms with Crippen LogP contribution in [-0.2, 0) is 0 Å². The van der Waals surface area contributed by atoms with Crippen molar-refractivity contribution in [2.75, 3.05) is 33.2 Å². The molecule has 1 saturated heterocycles. The minimum Gasteiger partial charge on any atom is -1.00 e. The van der Waals surface area contributed by atoms with Crippen LogP contribution < -0.4 is 34.0 Å². The molecule has 0 saturated carbocycles. The first kappa shape index (κ1) is 24.1. The second kappa shape index (κ2) is 10.9. The summed E-state index contributed by atoms with van der Waals surface area (Å²) in [7, 11) is 2.26. The van der Waals surface area contributed by atoms with Crippen LogP contribution >= 0.6 is 0 Å². The second-order valence-corrected chi connectivity index (χ2v) is 8.26. The maximum atomic E-state index is 13.0. The van der Waals surface area contributed by atoms with Crippen LogP contribution in [0.1, 0.15) is 23.2 Å². The van der Waals surface area contributed by atoms with E-state index in [1.54, 1.807) is 30.5 Å². The van der Waals surface area contributed by atoms with Gasteiger partial charge in [0.15, 0.2) is 0 Å². The summed E-state index contributed by atoms with van der Waals surface area (Å²) >= 11 is 0. The molecule has 1 aliphatic heterocycles. The monoisotopic (exact) mass is 547 g/mol. The number of pyridine rings is 1. The number of amides is 1. The summed E-state index contributed by atoms with van der Waals surface area (Å²) in [5.41, 5.74) is 2.21. The number of rotatable bonds is 7. The summed E-state index contributed by atoms with van der Waals surface area (Å²) in [6.45, 7) is 4.01. The number of carbonyl (C=O) groups excluding carboxylic acids is 1. The number of likely N-dealkylation sites (tertiary alicyclic amines) is 1. The van der Waals surface area contributed by atoms with E-state index in [4.69, 9.17) is 4.74 Å². The lowest BCUT2D eigenvalue weighted by atomic mass is 10.1. The van der Waals surface area contributed by atoms with E-state index in [1.807, 2.05) is 24.3 Å². The molecule has 1 amide bonds. The van der Waals surface area contributed by atoms with E-state index in [2.05, 4.69) is 17.3 Å². The van der Waals surface area contributed by atoms with Crippen LogP contribution in [0.2, 0.25) is 0 Å². The van der Waals surface area contributed by atoms with Gasteiger partial charge in [0, 0.05) is 30.2 Å². The average molecular weight is 547 g/mol. The predicted molar refractivity (Wildman–Crippen MR) is 118 cm³/mol. The van der Waals surface area contributed by atoms with Gasteiger partial charge < -0.3 is 38.5 Å². The number of hydrogen-bond acceptors (Lipinski definition) is 3. The van der Waals surface area contributed by atoms with Gasteiger partial charge in [-0.25, -0.2) is 4.39 Å². The largest absolute Gasteiger partial charge is 1.00 e. The molecule has 2 aromatic carbocycles. The molecule has 0 bridgehead atoms. The topological polar surface area (TPSA) is 51.2 Å². The van der Waals surface area contributed by atoms with Crippen molar-refractivity contribution in [3.63, 3.8) is 0 Å². The lowest BCUT2D eigenvalue weighted by Gasteiger charge is -2.29. The Hall–Kier alpha value is -2.52. The lowest BCUT2D eigenvalue weighted by Crippen LogP contribution is -3.00. The number of hydrogen-bond donors (Lipinski definition) is 1. The minimum atomic E-state index is -0.301. The number of carbonyl (C=O) groups is 1. The molecule has 5 nitrogen and oxygen atoms in total. The Balaban J connectivity index is 0.00000289. The number of quaternary nitrogens is 1. The normalized spacial score (nSPS) is 14.4. The van der Waals surface area contributed by atoms with Crippen LogP contribution in [0.3, 0.4) is 0 Å². The van der Waals surface area contributed by atoms with Crippen molar-refractivity contribution in [2.24, 2.45) is 0 Å². The Kier molecular flexibility index (Phi) is 8.20. The van der Waals surface area contributed by atoms with Crippen molar-refractivity contribution >= 4 is 5.91 Å². The number of nitrogens with one attached hydrogen (secondary N) is 1. The van der Waals surface area contributed by atoms with Crippen LogP contribution in [-0.4, -0.2) is 48.6 Å². The van der Waals surface area contributed by atoms with E-state index < -0.39 is 0 Å². The van der Waals surface area contributed by atoms with Crippen LogP contribution in [0.15, 0.2) is 66.9 Å². The quantitative estimate of drug-likeness (QED) is 0.362. The lowest BCUT2D eigenvalue weighted by molar-refractivity contribution is -0.896. The molecule has 3 aromatic rings. The van der Waals surface area contributed by atoms with E-state index >= 15 is 0 Å². The first-order chi connectivity index (χ1) is 15.0. The van der Waals surface area contributed by atoms with Gasteiger partial charge >= 0.3 is 0 Å². The fraction of sp³-hybridized carbons (Fsp3) is 0.280. The van der Waals surface area contributed by atoms with Gasteiger partial charge in [0.05, 0.1) is 38.9 Å². The molecule has 0 aliphatic carbocycles. The van der Waals surface area contributed by atoms with E-state index in [0.717, 1.165) is 22.3 Å². The molecule has 1 fully saturated rings. The van der Waals surface area contributed by atoms with Crippen molar-refractivity contribution in [2.45, 2.75) is 12.8 Å². The third-order valence-corrected chi connectivity index (χ3v) is 5.80. The number of nitrogens with zero attached hydrogens (tertiary/aromatic N) is 2. The van der Waals surface area contributed by atoms with Crippen LogP contribution in [0, 0.1) is 5.82 Å². The maximum absolute atomic E-state index is 13.0. The Morgan fingerprint density at radius 1 is 1.03 bits per heavy atom. The molecule has 0 atom stereocenters. The van der Waals surface area contributed by atoms with Gasteiger partial charge in [0.2, 0.25) is 0 Å². The molecule has 1 N–H and O–H groups in total. The highest BCUT2D eigenvalue weighted by atomic mass is 127. The fourth-order valence-electron chi connectivity index (χ4n) is 3.93. The summed E-state index contributed by atoms with van der Waals surface area (Å²) < 4.78 is 19.8. The zero-order valence-electron chi connectivity index (χ0n) is 18.1. The third-order valence-electron chi connectivity index (χ3n) is 5.80. The number of ether oxygens (including phenoxy) is 1. The summed E-state index contributed by atoms with van der Waals surface area (Å²) in [4.78, 5) is 17.0. The van der Waals surface area contributed by atoms with Crippen LogP contribution in [0.4, 0.5) is 4.39 Å². The SMILES string of the molecule is C[N+]1(CCNC(=O)c2ccnc(-c3ccc(Oc4ccc(F)cc4)cc3)c2)CCCC1.[I-]. The molecule has 168 valence electrons. The van der Waals surface area contributed by atoms with Gasteiger partial charge in [-0.1, -0.05) is 0 Å². The van der Waals surface area contributed by atoms with Crippen LogP contribution in [0.5, 0.6) is 11.5 Å².